The molecule has 1 aliphatic carbocycles. The first-order valence-electron chi connectivity index (χ1n) is 8.32. The van der Waals surface area contributed by atoms with Crippen LogP contribution in [0, 0.1) is 11.3 Å². The molecule has 1 aromatic carbocycles. The first-order chi connectivity index (χ1) is 11.3. The Bertz CT molecular complexity index is 704. The smallest absolute Gasteiger partial charge is 0.236 e. The summed E-state index contributed by atoms with van der Waals surface area (Å²) in [6.07, 6.45) is 4.15. The highest BCUT2D eigenvalue weighted by Gasteiger charge is 2.33. The molecule has 0 bridgehead atoms. The normalized spacial score (nSPS) is 17.8. The minimum absolute atomic E-state index is 0.402. The molecule has 0 aromatic heterocycles. The Morgan fingerprint density at radius 3 is 2.50 bits per heavy atom. The predicted octanol–water partition coefficient (Wildman–Crippen LogP) is 2.38. The second kappa shape index (κ2) is 7.80. The van der Waals surface area contributed by atoms with Crippen molar-refractivity contribution >= 4 is 15.7 Å². The van der Waals surface area contributed by atoms with Gasteiger partial charge in [0, 0.05) is 0 Å². The Hall–Kier alpha value is -1.87. The highest BCUT2D eigenvalue weighted by atomic mass is 32.2. The second-order valence-corrected chi connectivity index (χ2v) is 8.97. The molecule has 24 heavy (non-hydrogen) atoms. The van der Waals surface area contributed by atoms with E-state index in [4.69, 9.17) is 0 Å². The van der Waals surface area contributed by atoms with Crippen LogP contribution in [0.4, 0.5) is 0 Å². The third-order valence-corrected chi connectivity index (χ3v) is 6.71. The number of aryl methyl sites for hydroxylation is 1. The van der Waals surface area contributed by atoms with Gasteiger partial charge in [-0.15, -0.1) is 0 Å². The molecule has 130 valence electrons. The van der Waals surface area contributed by atoms with Crippen molar-refractivity contribution in [2.24, 2.45) is 0 Å². The molecule has 2 rings (SSSR count). The SMILES string of the molecule is CC(C#N)(CCc1ccccc1)NC(=O)CS(=O)(=O)C1CCCC1. The molecule has 6 heteroatoms. The van der Waals surface area contributed by atoms with E-state index in [0.29, 0.717) is 25.7 Å². The molecule has 0 saturated heterocycles. The number of benzene rings is 1. The van der Waals surface area contributed by atoms with Crippen LogP contribution in [0.5, 0.6) is 0 Å². The number of hydrogen-bond acceptors (Lipinski definition) is 4. The van der Waals surface area contributed by atoms with Crippen molar-refractivity contribution < 1.29 is 13.2 Å². The number of sulfone groups is 1. The van der Waals surface area contributed by atoms with Crippen LogP contribution >= 0.6 is 0 Å². The number of hydrogen-bond donors (Lipinski definition) is 1. The van der Waals surface area contributed by atoms with Crippen LogP contribution in [0.15, 0.2) is 30.3 Å². The summed E-state index contributed by atoms with van der Waals surface area (Å²) in [4.78, 5) is 12.2. The van der Waals surface area contributed by atoms with Gasteiger partial charge in [0.25, 0.3) is 0 Å². The molecule has 0 radical (unpaired) electrons. The maximum Gasteiger partial charge on any atom is 0.236 e. The topological polar surface area (TPSA) is 87.0 Å². The van der Waals surface area contributed by atoms with E-state index in [1.54, 1.807) is 6.92 Å². The molecule has 1 aromatic rings. The Balaban J connectivity index is 1.93. The van der Waals surface area contributed by atoms with E-state index in [1.165, 1.54) is 0 Å². The lowest BCUT2D eigenvalue weighted by atomic mass is 9.94. The van der Waals surface area contributed by atoms with Gasteiger partial charge in [-0.25, -0.2) is 8.42 Å². The van der Waals surface area contributed by atoms with Crippen LogP contribution in [0.25, 0.3) is 0 Å². The number of amides is 1. The fourth-order valence-electron chi connectivity index (χ4n) is 3.08. The molecule has 0 heterocycles. The molecule has 1 saturated carbocycles. The number of nitrogens with zero attached hydrogens (tertiary/aromatic N) is 1. The molecule has 0 spiro atoms. The maximum atomic E-state index is 12.3. The highest BCUT2D eigenvalue weighted by Crippen LogP contribution is 2.25. The monoisotopic (exact) mass is 348 g/mol. The maximum absolute atomic E-state index is 12.3. The largest absolute Gasteiger partial charge is 0.337 e. The van der Waals surface area contributed by atoms with E-state index in [1.807, 2.05) is 30.3 Å². The van der Waals surface area contributed by atoms with E-state index >= 15 is 0 Å². The van der Waals surface area contributed by atoms with Crippen LogP contribution in [-0.4, -0.2) is 30.9 Å². The second-order valence-electron chi connectivity index (χ2n) is 6.69. The molecule has 0 aliphatic heterocycles. The molecule has 1 unspecified atom stereocenters. The quantitative estimate of drug-likeness (QED) is 0.819. The molecule has 1 N–H and O–H groups in total. The summed E-state index contributed by atoms with van der Waals surface area (Å²) in [6, 6.07) is 11.8. The lowest BCUT2D eigenvalue weighted by molar-refractivity contribution is -0.119. The summed E-state index contributed by atoms with van der Waals surface area (Å²) in [6.45, 7) is 1.63. The van der Waals surface area contributed by atoms with E-state index < -0.39 is 32.3 Å². The van der Waals surface area contributed by atoms with E-state index in [2.05, 4.69) is 11.4 Å². The van der Waals surface area contributed by atoms with Crippen molar-refractivity contribution in [2.45, 2.75) is 56.2 Å². The molecule has 1 amide bonds. The first kappa shape index (κ1) is 18.5. The van der Waals surface area contributed by atoms with Gasteiger partial charge in [0.2, 0.25) is 5.91 Å². The van der Waals surface area contributed by atoms with Crippen LogP contribution < -0.4 is 5.32 Å². The fraction of sp³-hybridized carbons (Fsp3) is 0.556. The molecular formula is C18H24N2O3S. The van der Waals surface area contributed by atoms with Crippen molar-refractivity contribution in [3.8, 4) is 6.07 Å². The standard InChI is InChI=1S/C18H24N2O3S/c1-18(14-19,12-11-15-7-3-2-4-8-15)20-17(21)13-24(22,23)16-9-5-6-10-16/h2-4,7-8,16H,5-6,9-13H2,1H3,(H,20,21). The molecule has 5 nitrogen and oxygen atoms in total. The lowest BCUT2D eigenvalue weighted by Gasteiger charge is -2.23. The van der Waals surface area contributed by atoms with Gasteiger partial charge in [0.05, 0.1) is 11.3 Å². The van der Waals surface area contributed by atoms with Crippen LogP contribution in [0.1, 0.15) is 44.6 Å². The molecule has 1 fully saturated rings. The molecule has 1 atom stereocenters. The third-order valence-electron chi connectivity index (χ3n) is 4.56. The fourth-order valence-corrected chi connectivity index (χ4v) is 4.80. The van der Waals surface area contributed by atoms with Crippen molar-refractivity contribution in [3.05, 3.63) is 35.9 Å². The van der Waals surface area contributed by atoms with Gasteiger partial charge in [-0.1, -0.05) is 43.2 Å². The van der Waals surface area contributed by atoms with E-state index in [0.717, 1.165) is 18.4 Å². The van der Waals surface area contributed by atoms with Gasteiger partial charge in [-0.05, 0) is 38.2 Å². The van der Waals surface area contributed by atoms with Crippen molar-refractivity contribution in [3.63, 3.8) is 0 Å². The summed E-state index contributed by atoms with van der Waals surface area (Å²) < 4.78 is 24.5. The van der Waals surface area contributed by atoms with Gasteiger partial charge in [0.15, 0.2) is 9.84 Å². The average Bonchev–Trinajstić information content (AvgIpc) is 3.09. The molecule has 1 aliphatic rings. The molecular weight excluding hydrogens is 324 g/mol. The summed E-state index contributed by atoms with van der Waals surface area (Å²) in [5.41, 5.74) is 0.00443. The zero-order valence-electron chi connectivity index (χ0n) is 14.0. The van der Waals surface area contributed by atoms with Gasteiger partial charge < -0.3 is 5.32 Å². The Labute approximate surface area is 144 Å². The Kier molecular flexibility index (Phi) is 6.00. The number of carbonyl (C=O) groups is 1. The predicted molar refractivity (Wildman–Crippen MR) is 93.0 cm³/mol. The van der Waals surface area contributed by atoms with Gasteiger partial charge in [-0.2, -0.15) is 5.26 Å². The van der Waals surface area contributed by atoms with Crippen molar-refractivity contribution in [2.75, 3.05) is 5.75 Å². The minimum atomic E-state index is -3.43. The highest BCUT2D eigenvalue weighted by molar-refractivity contribution is 7.92. The van der Waals surface area contributed by atoms with E-state index in [9.17, 15) is 18.5 Å². The third kappa shape index (κ3) is 5.07. The van der Waals surface area contributed by atoms with Crippen molar-refractivity contribution in [1.82, 2.24) is 5.32 Å². The lowest BCUT2D eigenvalue weighted by Crippen LogP contribution is -2.48. The van der Waals surface area contributed by atoms with Crippen LogP contribution in [-0.2, 0) is 21.1 Å². The van der Waals surface area contributed by atoms with Crippen LogP contribution in [0.3, 0.4) is 0 Å². The zero-order chi connectivity index (χ0) is 17.6. The van der Waals surface area contributed by atoms with Gasteiger partial charge >= 0.3 is 0 Å². The zero-order valence-corrected chi connectivity index (χ0v) is 14.8. The Morgan fingerprint density at radius 1 is 1.29 bits per heavy atom. The summed E-state index contributed by atoms with van der Waals surface area (Å²) in [5, 5.41) is 11.6. The Morgan fingerprint density at radius 2 is 1.92 bits per heavy atom. The summed E-state index contributed by atoms with van der Waals surface area (Å²) in [7, 11) is -3.43. The van der Waals surface area contributed by atoms with Gasteiger partial charge in [-0.3, -0.25) is 4.79 Å². The summed E-state index contributed by atoms with van der Waals surface area (Å²) in [5.74, 6) is -1.11. The van der Waals surface area contributed by atoms with Crippen molar-refractivity contribution in [1.29, 1.82) is 5.26 Å². The average molecular weight is 348 g/mol. The number of carbonyl (C=O) groups excluding carboxylic acids is 1. The number of rotatable bonds is 7. The minimum Gasteiger partial charge on any atom is -0.337 e. The summed E-state index contributed by atoms with van der Waals surface area (Å²) >= 11 is 0. The van der Waals surface area contributed by atoms with Gasteiger partial charge in [0.1, 0.15) is 11.3 Å². The van der Waals surface area contributed by atoms with Crippen LogP contribution in [0.2, 0.25) is 0 Å². The first-order valence-corrected chi connectivity index (χ1v) is 10.0. The number of nitrogens with one attached hydrogen (secondary N) is 1. The number of nitriles is 1. The van der Waals surface area contributed by atoms with E-state index in [-0.39, 0.29) is 0 Å².